The van der Waals surface area contributed by atoms with Crippen LogP contribution in [0.5, 0.6) is 86.2 Å². The summed E-state index contributed by atoms with van der Waals surface area (Å²) in [5.41, 5.74) is -1.09. The molecule has 4 rings (SSSR count). The second-order valence-electron chi connectivity index (χ2n) is 7.63. The number of phenolic OH excluding ortho intramolecular Hbond substituents is 11. The Bertz CT molecular complexity index is 1480. The van der Waals surface area contributed by atoms with Crippen molar-refractivity contribution in [2.75, 3.05) is 0 Å². The van der Waals surface area contributed by atoms with Crippen molar-refractivity contribution in [3.8, 4) is 97.4 Å². The van der Waals surface area contributed by atoms with E-state index in [0.717, 1.165) is 42.5 Å². The van der Waals surface area contributed by atoms with Crippen molar-refractivity contribution in [3.05, 3.63) is 42.5 Å². The molecule has 13 nitrogen and oxygen atoms in total. The third-order valence-electron chi connectivity index (χ3n) is 5.05. The molecule has 0 heterocycles. The van der Waals surface area contributed by atoms with Crippen molar-refractivity contribution in [1.82, 2.24) is 0 Å². The van der Waals surface area contributed by atoms with Gasteiger partial charge in [0.2, 0.25) is 17.2 Å². The highest BCUT2D eigenvalue weighted by Gasteiger charge is 2.26. The predicted octanol–water partition coefficient (Wildman–Crippen LogP) is 3.70. The van der Waals surface area contributed by atoms with Crippen molar-refractivity contribution in [2.24, 2.45) is 0 Å². The first-order chi connectivity index (χ1) is 17.4. The van der Waals surface area contributed by atoms with Crippen LogP contribution in [0.1, 0.15) is 0 Å². The number of benzene rings is 4. The van der Waals surface area contributed by atoms with Crippen LogP contribution >= 0.6 is 0 Å². The molecule has 0 saturated heterocycles. The molecule has 0 aliphatic carbocycles. The molecule has 192 valence electrons. The first-order valence-corrected chi connectivity index (χ1v) is 10.1. The molecule has 4 aromatic rings. The molecule has 0 aliphatic heterocycles. The van der Waals surface area contributed by atoms with Gasteiger partial charge in [0.05, 0.1) is 11.1 Å². The Balaban J connectivity index is 1.73. The summed E-state index contributed by atoms with van der Waals surface area (Å²) in [7, 11) is 0. The molecule has 0 spiro atoms. The van der Waals surface area contributed by atoms with E-state index >= 15 is 0 Å². The maximum absolute atomic E-state index is 10.7. The molecule has 13 heteroatoms. The van der Waals surface area contributed by atoms with E-state index < -0.39 is 85.9 Å². The second-order valence-corrected chi connectivity index (χ2v) is 7.63. The zero-order valence-electron chi connectivity index (χ0n) is 18.3. The van der Waals surface area contributed by atoms with Crippen LogP contribution in [0.4, 0.5) is 0 Å². The summed E-state index contributed by atoms with van der Waals surface area (Å²) in [4.78, 5) is 0. The lowest BCUT2D eigenvalue weighted by molar-refractivity contribution is 0.347. The Morgan fingerprint density at radius 2 is 0.757 bits per heavy atom. The summed E-state index contributed by atoms with van der Waals surface area (Å²) in [6, 6.07) is 5.91. The third kappa shape index (κ3) is 4.39. The van der Waals surface area contributed by atoms with E-state index in [2.05, 4.69) is 0 Å². The van der Waals surface area contributed by atoms with E-state index in [-0.39, 0.29) is 11.5 Å². The smallest absolute Gasteiger partial charge is 0.211 e. The Labute approximate surface area is 206 Å². The molecule has 0 saturated carbocycles. The minimum atomic E-state index is -0.969. The van der Waals surface area contributed by atoms with Gasteiger partial charge in [-0.1, -0.05) is 0 Å². The van der Waals surface area contributed by atoms with Crippen LogP contribution < -0.4 is 9.47 Å². The first-order valence-electron chi connectivity index (χ1n) is 10.1. The van der Waals surface area contributed by atoms with Crippen molar-refractivity contribution in [3.63, 3.8) is 0 Å². The SMILES string of the molecule is Oc1cc(O)c(-c2c(O)cc(O)c(Oc3cc(O)c(Oc4cc(O)c(O)c(O)c4)c(O)c3)c2O)c(O)c1. The van der Waals surface area contributed by atoms with Gasteiger partial charge in [0, 0.05) is 42.5 Å². The van der Waals surface area contributed by atoms with Gasteiger partial charge in [-0.2, -0.15) is 0 Å². The van der Waals surface area contributed by atoms with Crippen molar-refractivity contribution in [1.29, 1.82) is 0 Å². The molecule has 11 N–H and O–H groups in total. The standard InChI is InChI=1S/C24H18O13/c25-8-1-11(26)19(12(27)2-8)20-13(28)7-18(33)24(22(20)35)37-10-5-16(31)23(17(32)6-10)36-9-3-14(29)21(34)15(30)4-9/h1-7,25-35H. The largest absolute Gasteiger partial charge is 0.508 e. The Hall–Kier alpha value is -5.72. The van der Waals surface area contributed by atoms with E-state index in [1.54, 1.807) is 0 Å². The average molecular weight is 514 g/mol. The van der Waals surface area contributed by atoms with Crippen LogP contribution in [0.3, 0.4) is 0 Å². The molecule has 4 aromatic carbocycles. The normalized spacial score (nSPS) is 10.8. The minimum Gasteiger partial charge on any atom is -0.508 e. The third-order valence-corrected chi connectivity index (χ3v) is 5.05. The van der Waals surface area contributed by atoms with Gasteiger partial charge >= 0.3 is 0 Å². The van der Waals surface area contributed by atoms with E-state index in [1.807, 2.05) is 0 Å². The van der Waals surface area contributed by atoms with Gasteiger partial charge in [0.25, 0.3) is 0 Å². The Kier molecular flexibility index (Phi) is 5.81. The quantitative estimate of drug-likeness (QED) is 0.170. The monoisotopic (exact) mass is 514 g/mol. The second kappa shape index (κ2) is 8.81. The van der Waals surface area contributed by atoms with E-state index in [4.69, 9.17) is 9.47 Å². The molecule has 0 bridgehead atoms. The van der Waals surface area contributed by atoms with Crippen molar-refractivity contribution in [2.45, 2.75) is 0 Å². The summed E-state index contributed by atoms with van der Waals surface area (Å²) in [5.74, 6) is -10.3. The highest BCUT2D eigenvalue weighted by molar-refractivity contribution is 5.88. The van der Waals surface area contributed by atoms with Gasteiger partial charge in [-0.05, 0) is 0 Å². The van der Waals surface area contributed by atoms with E-state index in [1.165, 1.54) is 0 Å². The molecule has 0 aliphatic rings. The van der Waals surface area contributed by atoms with Crippen LogP contribution in [0.25, 0.3) is 11.1 Å². The van der Waals surface area contributed by atoms with Crippen LogP contribution in [-0.2, 0) is 0 Å². The molecule has 0 amide bonds. The van der Waals surface area contributed by atoms with Crippen LogP contribution in [0.2, 0.25) is 0 Å². The van der Waals surface area contributed by atoms with Crippen molar-refractivity contribution >= 4 is 0 Å². The van der Waals surface area contributed by atoms with Gasteiger partial charge < -0.3 is 65.6 Å². The molecule has 0 aromatic heterocycles. The van der Waals surface area contributed by atoms with E-state index in [0.29, 0.717) is 0 Å². The lowest BCUT2D eigenvalue weighted by Crippen LogP contribution is -1.92. The van der Waals surface area contributed by atoms with Crippen LogP contribution in [-0.4, -0.2) is 56.2 Å². The lowest BCUT2D eigenvalue weighted by atomic mass is 10.00. The fourth-order valence-corrected chi connectivity index (χ4v) is 3.43. The number of ether oxygens (including phenoxy) is 2. The topological polar surface area (TPSA) is 241 Å². The number of hydrogen-bond donors (Lipinski definition) is 11. The number of hydrogen-bond acceptors (Lipinski definition) is 13. The summed E-state index contributed by atoms with van der Waals surface area (Å²) < 4.78 is 10.6. The van der Waals surface area contributed by atoms with Crippen LogP contribution in [0.15, 0.2) is 42.5 Å². The predicted molar refractivity (Wildman–Crippen MR) is 123 cm³/mol. The molecule has 0 unspecified atom stereocenters. The summed E-state index contributed by atoms with van der Waals surface area (Å²) in [6.45, 7) is 0. The Morgan fingerprint density at radius 1 is 0.351 bits per heavy atom. The van der Waals surface area contributed by atoms with E-state index in [9.17, 15) is 56.2 Å². The summed E-state index contributed by atoms with van der Waals surface area (Å²) >= 11 is 0. The minimum absolute atomic E-state index is 0.279. The molecular weight excluding hydrogens is 496 g/mol. The maximum atomic E-state index is 10.7. The Morgan fingerprint density at radius 3 is 1.27 bits per heavy atom. The molecule has 0 radical (unpaired) electrons. The molecule has 0 fully saturated rings. The highest BCUT2D eigenvalue weighted by Crippen LogP contribution is 2.55. The number of aromatic hydroxyl groups is 11. The zero-order valence-corrected chi connectivity index (χ0v) is 18.3. The lowest BCUT2D eigenvalue weighted by Gasteiger charge is -2.17. The maximum Gasteiger partial charge on any atom is 0.211 e. The first kappa shape index (κ1) is 24.4. The van der Waals surface area contributed by atoms with Gasteiger partial charge in [0.15, 0.2) is 34.5 Å². The average Bonchev–Trinajstić information content (AvgIpc) is 2.79. The number of phenols is 11. The summed E-state index contributed by atoms with van der Waals surface area (Å²) in [6.07, 6.45) is 0. The van der Waals surface area contributed by atoms with Gasteiger partial charge in [-0.25, -0.2) is 0 Å². The van der Waals surface area contributed by atoms with Gasteiger partial charge in [-0.15, -0.1) is 0 Å². The number of rotatable bonds is 5. The fourth-order valence-electron chi connectivity index (χ4n) is 3.43. The zero-order chi connectivity index (χ0) is 27.2. The summed E-state index contributed by atoms with van der Waals surface area (Å²) in [5, 5.41) is 110. The van der Waals surface area contributed by atoms with Crippen molar-refractivity contribution < 1.29 is 65.6 Å². The molecular formula is C24H18O13. The van der Waals surface area contributed by atoms with Crippen LogP contribution in [0, 0.1) is 0 Å². The fraction of sp³-hybridized carbons (Fsp3) is 0. The highest BCUT2D eigenvalue weighted by atomic mass is 16.5. The molecule has 0 atom stereocenters. The van der Waals surface area contributed by atoms with Gasteiger partial charge in [-0.3, -0.25) is 0 Å². The van der Waals surface area contributed by atoms with Gasteiger partial charge in [0.1, 0.15) is 34.5 Å². The molecule has 37 heavy (non-hydrogen) atoms.